The molecule has 3 N–H and O–H groups in total. The Morgan fingerprint density at radius 1 is 1.33 bits per heavy atom. The molecule has 7 heteroatoms. The van der Waals surface area contributed by atoms with Gasteiger partial charge in [0, 0.05) is 0 Å². The van der Waals surface area contributed by atoms with Gasteiger partial charge in [-0.1, -0.05) is 0 Å². The summed E-state index contributed by atoms with van der Waals surface area (Å²) in [6, 6.07) is 0. The van der Waals surface area contributed by atoms with Crippen molar-refractivity contribution in [2.24, 2.45) is 0 Å². The molecular formula is C2H7NO4PZr. The first kappa shape index (κ1) is 9.95. The van der Waals surface area contributed by atoms with Crippen LogP contribution < -0.4 is 0 Å². The zero-order valence-electron chi connectivity index (χ0n) is 4.56. The van der Waals surface area contributed by atoms with E-state index in [9.17, 15) is 0 Å². The first-order valence-electron chi connectivity index (χ1n) is 2.14. The first-order chi connectivity index (χ1) is 3.89. The van der Waals surface area contributed by atoms with Crippen LogP contribution in [0.15, 0.2) is 0 Å². The predicted octanol–water partition coefficient (Wildman–Crippen LogP) is -1.16. The van der Waals surface area contributed by atoms with Crippen molar-refractivity contribution in [3.05, 3.63) is 0 Å². The predicted molar refractivity (Wildman–Crippen MR) is 25.8 cm³/mol. The van der Waals surface area contributed by atoms with Crippen LogP contribution in [-0.2, 0) is 29.6 Å². The van der Waals surface area contributed by atoms with Gasteiger partial charge < -0.3 is 14.7 Å². The third kappa shape index (κ3) is 27.7. The molecule has 0 radical (unpaired) electrons. The molecule has 0 amide bonds. The van der Waals surface area contributed by atoms with Gasteiger partial charge in [0.1, 0.15) is 0 Å². The summed E-state index contributed by atoms with van der Waals surface area (Å²) in [7, 11) is -4.64. The second kappa shape index (κ2) is 3.96. The van der Waals surface area contributed by atoms with Crippen molar-refractivity contribution in [1.82, 2.24) is 2.84 Å². The number of nitrogens with zero attached hydrogens (tertiary/aromatic N) is 1. The van der Waals surface area contributed by atoms with Crippen LogP contribution in [0.2, 0.25) is 0 Å². The van der Waals surface area contributed by atoms with Crippen molar-refractivity contribution in [3.8, 4) is 0 Å². The van der Waals surface area contributed by atoms with Crippen LogP contribution in [0.5, 0.6) is 0 Å². The van der Waals surface area contributed by atoms with Crippen molar-refractivity contribution >= 4 is 7.82 Å². The molecule has 0 atom stereocenters. The molecule has 0 aromatic heterocycles. The van der Waals surface area contributed by atoms with Gasteiger partial charge in [-0.25, -0.2) is 4.57 Å². The van der Waals surface area contributed by atoms with Gasteiger partial charge in [0.2, 0.25) is 0 Å². The molecule has 0 bridgehead atoms. The fraction of sp³-hybridized carbons (Fsp3) is 1.00. The van der Waals surface area contributed by atoms with Gasteiger partial charge >= 0.3 is 48.8 Å². The summed E-state index contributed by atoms with van der Waals surface area (Å²) in [5, 5.41) is 0. The van der Waals surface area contributed by atoms with Gasteiger partial charge in [-0.15, -0.1) is 0 Å². The molecule has 1 rings (SSSR count). The second-order valence-electron chi connectivity index (χ2n) is 1.50. The molecule has 53 valence electrons. The molecule has 0 aliphatic carbocycles. The summed E-state index contributed by atoms with van der Waals surface area (Å²) >= 11 is 1.58. The maximum atomic E-state index is 8.88. The monoisotopic (exact) mass is 230 g/mol. The SMILES string of the molecule is O=P(O)(O)O.[Zr][N]1CC1. The van der Waals surface area contributed by atoms with Gasteiger partial charge in [0.25, 0.3) is 0 Å². The first-order valence-corrected chi connectivity index (χ1v) is 4.80. The molecule has 1 fully saturated rings. The second-order valence-corrected chi connectivity index (χ2v) is 4.08. The Hall–Kier alpha value is 0.953. The topological polar surface area (TPSA) is 80.8 Å². The Kier molecular flexibility index (Phi) is 4.38. The van der Waals surface area contributed by atoms with Gasteiger partial charge in [-0.2, -0.15) is 0 Å². The van der Waals surface area contributed by atoms with Crippen LogP contribution in [0, 0.1) is 0 Å². The van der Waals surface area contributed by atoms with Gasteiger partial charge in [0.15, 0.2) is 0 Å². The molecule has 0 saturated carbocycles. The molecular weight excluding hydrogens is 224 g/mol. The average Bonchev–Trinajstić information content (AvgIpc) is 2.13. The summed E-state index contributed by atoms with van der Waals surface area (Å²) in [6.07, 6.45) is 0. The fourth-order valence-electron chi connectivity index (χ4n) is 0.0500. The summed E-state index contributed by atoms with van der Waals surface area (Å²) in [6.45, 7) is 2.72. The Labute approximate surface area is 68.2 Å². The van der Waals surface area contributed by atoms with Crippen LogP contribution in [-0.4, -0.2) is 30.6 Å². The molecule has 1 aliphatic heterocycles. The van der Waals surface area contributed by atoms with E-state index in [0.29, 0.717) is 0 Å². The molecule has 0 aromatic carbocycles. The summed E-state index contributed by atoms with van der Waals surface area (Å²) in [5.74, 6) is 0. The van der Waals surface area contributed by atoms with E-state index in [-0.39, 0.29) is 0 Å². The van der Waals surface area contributed by atoms with Crippen LogP contribution in [0.4, 0.5) is 0 Å². The molecule has 0 unspecified atom stereocenters. The summed E-state index contributed by atoms with van der Waals surface area (Å²) in [5.41, 5.74) is 0. The van der Waals surface area contributed by atoms with Crippen LogP contribution >= 0.6 is 7.82 Å². The van der Waals surface area contributed by atoms with E-state index in [1.54, 1.807) is 25.0 Å². The Morgan fingerprint density at radius 3 is 1.44 bits per heavy atom. The molecule has 1 heterocycles. The standard InChI is InChI=1S/C2H4N.H3O4P.Zr/c1-2-3-1;1-5(2,3)4;/h1-2H2;(H3,1,2,3,4);/q-1;;+1. The van der Waals surface area contributed by atoms with Gasteiger partial charge in [-0.3, -0.25) is 0 Å². The Bertz CT molecular complexity index is 111. The number of hydrogen-bond acceptors (Lipinski definition) is 2. The van der Waals surface area contributed by atoms with Crippen molar-refractivity contribution < 1.29 is 44.3 Å². The zero-order chi connectivity index (χ0) is 7.49. The molecule has 1 aliphatic rings. The minimum absolute atomic E-state index is 1.36. The van der Waals surface area contributed by atoms with E-state index < -0.39 is 7.82 Å². The Balaban J connectivity index is 0.000000144. The third-order valence-electron chi connectivity index (χ3n) is 0.447. The molecule has 9 heavy (non-hydrogen) atoms. The van der Waals surface area contributed by atoms with Crippen molar-refractivity contribution in [2.45, 2.75) is 0 Å². The number of phosphoric acid groups is 1. The van der Waals surface area contributed by atoms with Crippen LogP contribution in [0.3, 0.4) is 0 Å². The normalized spacial score (nSPS) is 18.0. The van der Waals surface area contributed by atoms with Gasteiger partial charge in [-0.05, 0) is 0 Å². The fourth-order valence-corrected chi connectivity index (χ4v) is 0.296. The molecule has 1 saturated heterocycles. The number of hydrogen-bond donors (Lipinski definition) is 3. The van der Waals surface area contributed by atoms with Crippen molar-refractivity contribution in [1.29, 1.82) is 0 Å². The van der Waals surface area contributed by atoms with E-state index in [1.807, 2.05) is 0 Å². The Morgan fingerprint density at radius 2 is 1.44 bits per heavy atom. The molecule has 0 spiro atoms. The van der Waals surface area contributed by atoms with E-state index in [4.69, 9.17) is 19.2 Å². The van der Waals surface area contributed by atoms with Crippen molar-refractivity contribution in [3.63, 3.8) is 0 Å². The average molecular weight is 231 g/mol. The molecule has 5 nitrogen and oxygen atoms in total. The summed E-state index contributed by atoms with van der Waals surface area (Å²) < 4.78 is 11.2. The van der Waals surface area contributed by atoms with Crippen LogP contribution in [0.1, 0.15) is 0 Å². The van der Waals surface area contributed by atoms with E-state index in [2.05, 4.69) is 2.84 Å². The molecule has 0 aromatic rings. The van der Waals surface area contributed by atoms with Crippen molar-refractivity contribution in [2.75, 3.05) is 13.1 Å². The summed E-state index contributed by atoms with van der Waals surface area (Å²) in [4.78, 5) is 21.6. The van der Waals surface area contributed by atoms with Gasteiger partial charge in [0.05, 0.1) is 0 Å². The third-order valence-corrected chi connectivity index (χ3v) is 1.55. The zero-order valence-corrected chi connectivity index (χ0v) is 7.91. The van der Waals surface area contributed by atoms with E-state index in [1.165, 1.54) is 13.1 Å². The van der Waals surface area contributed by atoms with E-state index in [0.717, 1.165) is 0 Å². The quantitative estimate of drug-likeness (QED) is 0.362. The maximum absolute atomic E-state index is 8.88. The minimum atomic E-state index is -4.64. The van der Waals surface area contributed by atoms with E-state index >= 15 is 0 Å². The van der Waals surface area contributed by atoms with Crippen LogP contribution in [0.25, 0.3) is 0 Å². The number of rotatable bonds is 0.